The van der Waals surface area contributed by atoms with Crippen molar-refractivity contribution in [3.8, 4) is 0 Å². The molecule has 2 heterocycles. The van der Waals surface area contributed by atoms with Crippen LogP contribution in [0.1, 0.15) is 18.4 Å². The van der Waals surface area contributed by atoms with Crippen LogP contribution in [0.25, 0.3) is 0 Å². The van der Waals surface area contributed by atoms with Gasteiger partial charge in [0.1, 0.15) is 0 Å². The average molecular weight is 299 g/mol. The van der Waals surface area contributed by atoms with Crippen molar-refractivity contribution < 1.29 is 5.11 Å². The summed E-state index contributed by atoms with van der Waals surface area (Å²) in [4.78, 5) is 2.38. The second-order valence-corrected chi connectivity index (χ2v) is 6.32. The van der Waals surface area contributed by atoms with Crippen molar-refractivity contribution in [2.24, 2.45) is 5.92 Å². The molecule has 4 heteroatoms. The first kappa shape index (κ1) is 15.3. The Labute approximate surface area is 132 Å². The Morgan fingerprint density at radius 3 is 2.55 bits per heavy atom. The zero-order chi connectivity index (χ0) is 15.2. The lowest BCUT2D eigenvalue weighted by Gasteiger charge is -2.33. The van der Waals surface area contributed by atoms with Gasteiger partial charge in [0.2, 0.25) is 0 Å². The number of aliphatic hydroxyl groups is 1. The molecule has 0 saturated carbocycles. The molecule has 0 bridgehead atoms. The van der Waals surface area contributed by atoms with Crippen molar-refractivity contribution in [1.29, 1.82) is 0 Å². The summed E-state index contributed by atoms with van der Waals surface area (Å²) in [5, 5.41) is 14.3. The van der Waals surface area contributed by atoms with Crippen molar-refractivity contribution in [3.05, 3.63) is 54.4 Å². The van der Waals surface area contributed by atoms with Gasteiger partial charge < -0.3 is 10.0 Å². The topological polar surface area (TPSA) is 41.3 Å². The molecule has 1 aromatic heterocycles. The largest absolute Gasteiger partial charge is 0.390 e. The highest BCUT2D eigenvalue weighted by Gasteiger charge is 2.21. The Morgan fingerprint density at radius 1 is 1.09 bits per heavy atom. The zero-order valence-corrected chi connectivity index (χ0v) is 13.0. The molecule has 1 aromatic carbocycles. The first-order valence-corrected chi connectivity index (χ1v) is 8.21. The molecular formula is C18H25N3O. The van der Waals surface area contributed by atoms with Gasteiger partial charge in [0.25, 0.3) is 0 Å². The third-order valence-electron chi connectivity index (χ3n) is 4.50. The third kappa shape index (κ3) is 4.42. The van der Waals surface area contributed by atoms with Crippen LogP contribution in [-0.4, -0.2) is 45.5 Å². The molecule has 4 nitrogen and oxygen atoms in total. The van der Waals surface area contributed by atoms with Crippen LogP contribution in [0.3, 0.4) is 0 Å². The van der Waals surface area contributed by atoms with E-state index in [1.54, 1.807) is 10.9 Å². The van der Waals surface area contributed by atoms with Crippen LogP contribution in [0, 0.1) is 5.92 Å². The standard InChI is InChI=1S/C18H25N3O/c22-18(15-21-10-4-9-19-21)14-20-11-7-17(8-12-20)13-16-5-2-1-3-6-16/h1-6,9-10,17-18,22H,7-8,11-15H2/t18-/m1/s1. The number of hydrogen-bond donors (Lipinski definition) is 1. The second kappa shape index (κ2) is 7.56. The molecular weight excluding hydrogens is 274 g/mol. The number of aromatic nitrogens is 2. The van der Waals surface area contributed by atoms with E-state index in [0.29, 0.717) is 6.54 Å². The molecule has 2 aromatic rings. The Hall–Kier alpha value is -1.65. The quantitative estimate of drug-likeness (QED) is 0.889. The fourth-order valence-corrected chi connectivity index (χ4v) is 3.30. The Morgan fingerprint density at radius 2 is 1.86 bits per heavy atom. The lowest BCUT2D eigenvalue weighted by molar-refractivity contribution is 0.0759. The van der Waals surface area contributed by atoms with Crippen molar-refractivity contribution >= 4 is 0 Å². The molecule has 1 aliphatic heterocycles. The van der Waals surface area contributed by atoms with Gasteiger partial charge in [0, 0.05) is 18.9 Å². The number of hydrogen-bond acceptors (Lipinski definition) is 3. The fourth-order valence-electron chi connectivity index (χ4n) is 3.30. The van der Waals surface area contributed by atoms with E-state index in [9.17, 15) is 5.11 Å². The molecule has 118 valence electrons. The second-order valence-electron chi connectivity index (χ2n) is 6.32. The number of aliphatic hydroxyl groups excluding tert-OH is 1. The lowest BCUT2D eigenvalue weighted by atomic mass is 9.90. The predicted molar refractivity (Wildman–Crippen MR) is 87.5 cm³/mol. The summed E-state index contributed by atoms with van der Waals surface area (Å²) in [6.07, 6.45) is 6.94. The Bertz CT molecular complexity index is 533. The van der Waals surface area contributed by atoms with Crippen LogP contribution < -0.4 is 0 Å². The number of β-amino-alcohol motifs (C(OH)–C–C–N with tert-alkyl or cyclic N) is 1. The SMILES string of the molecule is O[C@H](CN1CCC(Cc2ccccc2)CC1)Cn1cccn1. The van der Waals surface area contributed by atoms with Gasteiger partial charge in [-0.1, -0.05) is 30.3 Å². The average Bonchev–Trinajstić information content (AvgIpc) is 3.03. The molecule has 1 aliphatic rings. The molecule has 22 heavy (non-hydrogen) atoms. The lowest BCUT2D eigenvalue weighted by Crippen LogP contribution is -2.40. The molecule has 1 N–H and O–H groups in total. The van der Waals surface area contributed by atoms with Crippen LogP contribution in [0.15, 0.2) is 48.8 Å². The maximum Gasteiger partial charge on any atom is 0.0862 e. The van der Waals surface area contributed by atoms with Crippen molar-refractivity contribution in [2.45, 2.75) is 31.9 Å². The van der Waals surface area contributed by atoms with Crippen molar-refractivity contribution in [2.75, 3.05) is 19.6 Å². The van der Waals surface area contributed by atoms with E-state index in [4.69, 9.17) is 0 Å². The van der Waals surface area contributed by atoms with E-state index >= 15 is 0 Å². The van der Waals surface area contributed by atoms with Crippen LogP contribution >= 0.6 is 0 Å². The number of likely N-dealkylation sites (tertiary alicyclic amines) is 1. The van der Waals surface area contributed by atoms with Crippen LogP contribution in [-0.2, 0) is 13.0 Å². The normalized spacial score (nSPS) is 18.4. The Balaban J connectivity index is 1.40. The molecule has 0 aliphatic carbocycles. The first-order chi connectivity index (χ1) is 10.8. The van der Waals surface area contributed by atoms with Gasteiger partial charge in [-0.15, -0.1) is 0 Å². The van der Waals surface area contributed by atoms with E-state index in [-0.39, 0.29) is 6.10 Å². The molecule has 1 saturated heterocycles. The van der Waals surface area contributed by atoms with Crippen molar-refractivity contribution in [1.82, 2.24) is 14.7 Å². The summed E-state index contributed by atoms with van der Waals surface area (Å²) in [6, 6.07) is 12.7. The number of nitrogens with zero attached hydrogens (tertiary/aromatic N) is 3. The summed E-state index contributed by atoms with van der Waals surface area (Å²) in [5.74, 6) is 0.780. The first-order valence-electron chi connectivity index (χ1n) is 8.21. The van der Waals surface area contributed by atoms with Crippen molar-refractivity contribution in [3.63, 3.8) is 0 Å². The Kier molecular flexibility index (Phi) is 5.24. The fraction of sp³-hybridized carbons (Fsp3) is 0.500. The summed E-state index contributed by atoms with van der Waals surface area (Å²) in [5.41, 5.74) is 1.44. The van der Waals surface area contributed by atoms with E-state index in [0.717, 1.165) is 25.6 Å². The van der Waals surface area contributed by atoms with Gasteiger partial charge in [-0.05, 0) is 49.9 Å². The van der Waals surface area contributed by atoms with Crippen LogP contribution in [0.4, 0.5) is 0 Å². The molecule has 0 unspecified atom stereocenters. The van der Waals surface area contributed by atoms with Gasteiger partial charge in [-0.3, -0.25) is 4.68 Å². The molecule has 3 rings (SSSR count). The summed E-state index contributed by atoms with van der Waals surface area (Å²) < 4.78 is 1.80. The van der Waals surface area contributed by atoms with E-state index in [2.05, 4.69) is 40.3 Å². The highest BCUT2D eigenvalue weighted by Crippen LogP contribution is 2.21. The van der Waals surface area contributed by atoms with Gasteiger partial charge in [-0.25, -0.2) is 0 Å². The van der Waals surface area contributed by atoms with E-state index in [1.807, 2.05) is 12.3 Å². The maximum absolute atomic E-state index is 10.2. The minimum atomic E-state index is -0.342. The molecule has 0 spiro atoms. The number of rotatable bonds is 6. The van der Waals surface area contributed by atoms with Gasteiger partial charge >= 0.3 is 0 Å². The molecule has 0 radical (unpaired) electrons. The van der Waals surface area contributed by atoms with Crippen LogP contribution in [0.5, 0.6) is 0 Å². The third-order valence-corrected chi connectivity index (χ3v) is 4.50. The summed E-state index contributed by atoms with van der Waals surface area (Å²) >= 11 is 0. The van der Waals surface area contributed by atoms with E-state index in [1.165, 1.54) is 24.8 Å². The number of piperidine rings is 1. The molecule has 0 amide bonds. The summed E-state index contributed by atoms with van der Waals surface area (Å²) in [6.45, 7) is 3.51. The minimum absolute atomic E-state index is 0.342. The minimum Gasteiger partial charge on any atom is -0.390 e. The zero-order valence-electron chi connectivity index (χ0n) is 13.0. The van der Waals surface area contributed by atoms with Gasteiger partial charge in [0.05, 0.1) is 12.6 Å². The highest BCUT2D eigenvalue weighted by atomic mass is 16.3. The maximum atomic E-state index is 10.2. The van der Waals surface area contributed by atoms with Crippen LogP contribution in [0.2, 0.25) is 0 Å². The predicted octanol–water partition coefficient (Wildman–Crippen LogP) is 2.20. The van der Waals surface area contributed by atoms with Gasteiger partial charge in [0.15, 0.2) is 0 Å². The van der Waals surface area contributed by atoms with Gasteiger partial charge in [-0.2, -0.15) is 5.10 Å². The number of benzene rings is 1. The van der Waals surface area contributed by atoms with E-state index < -0.39 is 0 Å². The molecule has 1 fully saturated rings. The monoisotopic (exact) mass is 299 g/mol. The smallest absolute Gasteiger partial charge is 0.0862 e. The molecule has 1 atom stereocenters. The highest BCUT2D eigenvalue weighted by molar-refractivity contribution is 5.15. The summed E-state index contributed by atoms with van der Waals surface area (Å²) in [7, 11) is 0.